The molecule has 8 nitrogen and oxygen atoms in total. The van der Waals surface area contributed by atoms with E-state index in [1.807, 2.05) is 12.1 Å². The Kier molecular flexibility index (Phi) is 5.22. The molecule has 3 aromatic rings. The lowest BCUT2D eigenvalue weighted by atomic mass is 10.2. The average molecular weight is 455 g/mol. The molecule has 0 aliphatic carbocycles. The van der Waals surface area contributed by atoms with Crippen molar-refractivity contribution in [3.05, 3.63) is 69.5 Å². The fourth-order valence-electron chi connectivity index (χ4n) is 3.86. The van der Waals surface area contributed by atoms with Crippen LogP contribution in [0.5, 0.6) is 11.5 Å². The quantitative estimate of drug-likeness (QED) is 0.591. The minimum Gasteiger partial charge on any atom is -0.485 e. The first kappa shape index (κ1) is 20.4. The van der Waals surface area contributed by atoms with Crippen LogP contribution in [0.4, 0.5) is 0 Å². The van der Waals surface area contributed by atoms with Gasteiger partial charge in [-0.1, -0.05) is 23.7 Å². The van der Waals surface area contributed by atoms with Crippen molar-refractivity contribution in [3.63, 3.8) is 0 Å². The van der Waals surface area contributed by atoms with Gasteiger partial charge < -0.3 is 23.7 Å². The summed E-state index contributed by atoms with van der Waals surface area (Å²) in [4.78, 5) is 41.4. The van der Waals surface area contributed by atoms with E-state index in [-0.39, 0.29) is 23.7 Å². The molecule has 164 valence electrons. The topological polar surface area (TPSA) is 89.3 Å². The number of hydrogen-bond acceptors (Lipinski definition) is 6. The summed E-state index contributed by atoms with van der Waals surface area (Å²) in [7, 11) is 0. The summed E-state index contributed by atoms with van der Waals surface area (Å²) in [5.74, 6) is 0.549. The van der Waals surface area contributed by atoms with Gasteiger partial charge in [-0.15, -0.1) is 0 Å². The van der Waals surface area contributed by atoms with Crippen LogP contribution in [0.25, 0.3) is 11.0 Å². The molecule has 0 N–H and O–H groups in total. The molecule has 1 saturated heterocycles. The number of para-hydroxylation sites is 2. The van der Waals surface area contributed by atoms with Gasteiger partial charge in [0.05, 0.1) is 5.39 Å². The SMILES string of the molecule is O=C(c1cc(=O)c2cc(Cl)ccc2o1)N1CCN(C(=O)[C@@H]2COc3ccccc3O2)CC1. The van der Waals surface area contributed by atoms with Crippen molar-refractivity contribution in [1.82, 2.24) is 9.80 Å². The third-order valence-corrected chi connectivity index (χ3v) is 5.80. The Morgan fingerprint density at radius 3 is 2.44 bits per heavy atom. The number of carbonyl (C=O) groups excluding carboxylic acids is 2. The zero-order valence-corrected chi connectivity index (χ0v) is 17.7. The molecule has 2 aliphatic rings. The van der Waals surface area contributed by atoms with Crippen molar-refractivity contribution in [2.75, 3.05) is 32.8 Å². The van der Waals surface area contributed by atoms with Crippen molar-refractivity contribution in [3.8, 4) is 11.5 Å². The highest BCUT2D eigenvalue weighted by atomic mass is 35.5. The van der Waals surface area contributed by atoms with Gasteiger partial charge in [0.2, 0.25) is 6.10 Å². The van der Waals surface area contributed by atoms with E-state index in [2.05, 4.69) is 0 Å². The lowest BCUT2D eigenvalue weighted by Crippen LogP contribution is -2.55. The van der Waals surface area contributed by atoms with Crippen LogP contribution in [-0.2, 0) is 4.79 Å². The zero-order chi connectivity index (χ0) is 22.2. The molecule has 1 atom stereocenters. The third kappa shape index (κ3) is 3.78. The van der Waals surface area contributed by atoms with E-state index in [0.717, 1.165) is 0 Å². The molecule has 3 heterocycles. The number of fused-ring (bicyclic) bond motifs is 2. The van der Waals surface area contributed by atoms with Crippen LogP contribution in [0, 0.1) is 0 Å². The lowest BCUT2D eigenvalue weighted by molar-refractivity contribution is -0.142. The highest BCUT2D eigenvalue weighted by Crippen LogP contribution is 2.31. The number of rotatable bonds is 2. The second-order valence-corrected chi connectivity index (χ2v) is 8.03. The second-order valence-electron chi connectivity index (χ2n) is 7.60. The lowest BCUT2D eigenvalue weighted by Gasteiger charge is -2.36. The second kappa shape index (κ2) is 8.20. The summed E-state index contributed by atoms with van der Waals surface area (Å²) in [5.41, 5.74) is -0.0329. The van der Waals surface area contributed by atoms with Crippen LogP contribution < -0.4 is 14.9 Å². The van der Waals surface area contributed by atoms with Crippen molar-refractivity contribution in [2.24, 2.45) is 0 Å². The van der Waals surface area contributed by atoms with Gasteiger partial charge in [-0.05, 0) is 30.3 Å². The third-order valence-electron chi connectivity index (χ3n) is 5.56. The van der Waals surface area contributed by atoms with Crippen molar-refractivity contribution in [1.29, 1.82) is 0 Å². The zero-order valence-electron chi connectivity index (χ0n) is 17.0. The monoisotopic (exact) mass is 454 g/mol. The predicted octanol–water partition coefficient (Wildman–Crippen LogP) is 2.57. The standard InChI is InChI=1S/C23H19ClN2O6/c24-14-5-6-17-15(11-14)16(27)12-20(31-17)22(28)25-7-9-26(10-8-25)23(29)21-13-30-18-3-1-2-4-19(18)32-21/h1-6,11-12,21H,7-10,13H2/t21-/m0/s1. The molecule has 32 heavy (non-hydrogen) atoms. The molecular formula is C23H19ClN2O6. The average Bonchev–Trinajstić information content (AvgIpc) is 2.83. The molecule has 5 rings (SSSR count). The fraction of sp³-hybridized carbons (Fsp3) is 0.261. The van der Waals surface area contributed by atoms with Gasteiger partial charge in [0.1, 0.15) is 12.2 Å². The maximum atomic E-state index is 12.9. The molecule has 1 aromatic heterocycles. The van der Waals surface area contributed by atoms with Gasteiger partial charge in [0.15, 0.2) is 22.7 Å². The first-order valence-electron chi connectivity index (χ1n) is 10.2. The molecule has 0 bridgehead atoms. The Morgan fingerprint density at radius 1 is 0.938 bits per heavy atom. The van der Waals surface area contributed by atoms with Crippen LogP contribution >= 0.6 is 11.6 Å². The van der Waals surface area contributed by atoms with Crippen molar-refractivity contribution < 1.29 is 23.5 Å². The van der Waals surface area contributed by atoms with E-state index in [0.29, 0.717) is 53.7 Å². The Hall–Kier alpha value is -3.52. The maximum Gasteiger partial charge on any atom is 0.289 e. The van der Waals surface area contributed by atoms with E-state index < -0.39 is 12.0 Å². The number of ether oxygens (including phenoxy) is 2. The van der Waals surface area contributed by atoms with Gasteiger partial charge in [-0.2, -0.15) is 0 Å². The summed E-state index contributed by atoms with van der Waals surface area (Å²) < 4.78 is 17.1. The van der Waals surface area contributed by atoms with Crippen molar-refractivity contribution in [2.45, 2.75) is 6.10 Å². The highest BCUT2D eigenvalue weighted by Gasteiger charge is 2.34. The summed E-state index contributed by atoms with van der Waals surface area (Å²) in [6, 6.07) is 13.1. The van der Waals surface area contributed by atoms with E-state index in [1.54, 1.807) is 34.1 Å². The van der Waals surface area contributed by atoms with Crippen LogP contribution in [0.15, 0.2) is 57.7 Å². The van der Waals surface area contributed by atoms with Crippen LogP contribution in [0.2, 0.25) is 5.02 Å². The largest absolute Gasteiger partial charge is 0.485 e. The molecular weight excluding hydrogens is 436 g/mol. The van der Waals surface area contributed by atoms with Crippen LogP contribution in [0.3, 0.4) is 0 Å². The van der Waals surface area contributed by atoms with Crippen LogP contribution in [0.1, 0.15) is 10.6 Å². The fourth-order valence-corrected chi connectivity index (χ4v) is 4.04. The molecule has 0 saturated carbocycles. The Bertz CT molecular complexity index is 1260. The van der Waals surface area contributed by atoms with Crippen molar-refractivity contribution >= 4 is 34.4 Å². The molecule has 1 fully saturated rings. The molecule has 0 radical (unpaired) electrons. The first-order chi connectivity index (χ1) is 15.5. The summed E-state index contributed by atoms with van der Waals surface area (Å²) in [6.07, 6.45) is -0.725. The van der Waals surface area contributed by atoms with E-state index >= 15 is 0 Å². The highest BCUT2D eigenvalue weighted by molar-refractivity contribution is 6.31. The summed E-state index contributed by atoms with van der Waals surface area (Å²) >= 11 is 5.93. The maximum absolute atomic E-state index is 12.9. The molecule has 0 spiro atoms. The van der Waals surface area contributed by atoms with Crippen LogP contribution in [-0.4, -0.2) is 60.5 Å². The normalized spacial score (nSPS) is 18.0. The number of nitrogens with zero attached hydrogens (tertiary/aromatic N) is 2. The minimum atomic E-state index is -0.725. The summed E-state index contributed by atoms with van der Waals surface area (Å²) in [6.45, 7) is 1.47. The van der Waals surface area contributed by atoms with E-state index in [1.165, 1.54) is 12.1 Å². The van der Waals surface area contributed by atoms with Gasteiger partial charge in [-0.25, -0.2) is 0 Å². The molecule has 2 amide bonds. The molecule has 9 heteroatoms. The smallest absolute Gasteiger partial charge is 0.289 e. The van der Waals surface area contributed by atoms with Gasteiger partial charge >= 0.3 is 0 Å². The van der Waals surface area contributed by atoms with Gasteiger partial charge in [0.25, 0.3) is 11.8 Å². The van der Waals surface area contributed by atoms with E-state index in [9.17, 15) is 14.4 Å². The summed E-state index contributed by atoms with van der Waals surface area (Å²) in [5, 5.41) is 0.737. The number of piperazine rings is 1. The molecule has 2 aromatic carbocycles. The Morgan fingerprint density at radius 2 is 1.66 bits per heavy atom. The minimum absolute atomic E-state index is 0.0368. The number of benzene rings is 2. The first-order valence-corrected chi connectivity index (χ1v) is 10.6. The Balaban J connectivity index is 1.24. The number of amides is 2. The predicted molar refractivity (Wildman–Crippen MR) is 116 cm³/mol. The Labute approximate surface area is 187 Å². The van der Waals surface area contributed by atoms with Gasteiger partial charge in [0, 0.05) is 37.3 Å². The van der Waals surface area contributed by atoms with Gasteiger partial charge in [-0.3, -0.25) is 14.4 Å². The molecule has 0 unspecified atom stereocenters. The number of hydrogen-bond donors (Lipinski definition) is 0. The number of halogens is 1. The van der Waals surface area contributed by atoms with E-state index in [4.69, 9.17) is 25.5 Å². The molecule has 2 aliphatic heterocycles. The number of carbonyl (C=O) groups is 2.